The van der Waals surface area contributed by atoms with Gasteiger partial charge in [0.05, 0.1) is 0 Å². The fraction of sp³-hybridized carbons (Fsp3) is 0.250. The number of benzene rings is 2. The number of carbonyl (C=O) groups is 2. The molecule has 0 aromatic heterocycles. The Balaban J connectivity index is 0.00000420. The van der Waals surface area contributed by atoms with E-state index in [1.54, 1.807) is 18.2 Å². The predicted octanol–water partition coefficient (Wildman–Crippen LogP) is 3.07. The summed E-state index contributed by atoms with van der Waals surface area (Å²) in [6.45, 7) is 3.09. The largest absolute Gasteiger partial charge is 0.370 e. The van der Waals surface area contributed by atoms with E-state index >= 15 is 0 Å². The Hall–Kier alpha value is -2.32. The SMILES string of the molecule is Cc1ccc(Cl)c(-c2cc(C(=O)NCCN(C)C)cc(C(=O)NC(=N)N)c2)c1.Cl.Cl. The number of hydrogen-bond acceptors (Lipinski definition) is 4. The first kappa shape index (κ1) is 27.7. The Labute approximate surface area is 193 Å². The van der Waals surface area contributed by atoms with Crippen LogP contribution in [-0.2, 0) is 0 Å². The van der Waals surface area contributed by atoms with Gasteiger partial charge < -0.3 is 16.0 Å². The number of carbonyl (C=O) groups excluding carboxylic acids is 2. The van der Waals surface area contributed by atoms with Crippen LogP contribution in [0, 0.1) is 12.3 Å². The van der Waals surface area contributed by atoms with E-state index in [1.165, 1.54) is 6.07 Å². The number of nitrogens with two attached hydrogens (primary N) is 1. The van der Waals surface area contributed by atoms with E-state index in [4.69, 9.17) is 22.7 Å². The van der Waals surface area contributed by atoms with Gasteiger partial charge in [-0.15, -0.1) is 24.8 Å². The van der Waals surface area contributed by atoms with Gasteiger partial charge in [-0.2, -0.15) is 0 Å². The summed E-state index contributed by atoms with van der Waals surface area (Å²) in [6, 6.07) is 10.3. The molecule has 2 aromatic carbocycles. The van der Waals surface area contributed by atoms with Crippen LogP contribution in [0.25, 0.3) is 11.1 Å². The van der Waals surface area contributed by atoms with Crippen LogP contribution in [0.4, 0.5) is 0 Å². The highest BCUT2D eigenvalue weighted by molar-refractivity contribution is 6.33. The molecule has 0 saturated carbocycles. The van der Waals surface area contributed by atoms with E-state index in [0.717, 1.165) is 5.56 Å². The number of nitrogens with zero attached hydrogens (tertiary/aromatic N) is 1. The topological polar surface area (TPSA) is 111 Å². The van der Waals surface area contributed by atoms with Crippen molar-refractivity contribution in [2.75, 3.05) is 27.2 Å². The zero-order valence-corrected chi connectivity index (χ0v) is 19.3. The minimum absolute atomic E-state index is 0. The maximum atomic E-state index is 12.6. The van der Waals surface area contributed by atoms with Crippen LogP contribution in [-0.4, -0.2) is 49.9 Å². The van der Waals surface area contributed by atoms with Gasteiger partial charge in [0.1, 0.15) is 0 Å². The standard InChI is InChI=1S/C20H24ClN5O2.2ClH/c1-12-4-5-17(21)16(8-12)13-9-14(18(27)24-6-7-26(2)3)11-15(10-13)19(28)25-20(22)23;;/h4-5,8-11H,6-7H2,1-3H3,(H,24,27)(H4,22,23,25,28);2*1H. The van der Waals surface area contributed by atoms with Crippen LogP contribution < -0.4 is 16.4 Å². The summed E-state index contributed by atoms with van der Waals surface area (Å²) in [6.07, 6.45) is 0. The molecular weight excluding hydrogens is 449 g/mol. The summed E-state index contributed by atoms with van der Waals surface area (Å²) < 4.78 is 0. The van der Waals surface area contributed by atoms with Gasteiger partial charge in [-0.05, 0) is 56.9 Å². The zero-order valence-electron chi connectivity index (χ0n) is 16.9. The number of hydrogen-bond donors (Lipinski definition) is 4. The molecule has 0 heterocycles. The second-order valence-corrected chi connectivity index (χ2v) is 7.12. The second-order valence-electron chi connectivity index (χ2n) is 6.71. The van der Waals surface area contributed by atoms with E-state index in [9.17, 15) is 9.59 Å². The molecule has 2 amide bonds. The van der Waals surface area contributed by atoms with Crippen molar-refractivity contribution in [3.8, 4) is 11.1 Å². The number of aryl methyl sites for hydroxylation is 1. The monoisotopic (exact) mass is 473 g/mol. The van der Waals surface area contributed by atoms with Gasteiger partial charge in [0, 0.05) is 34.8 Å². The Bertz CT molecular complexity index is 919. The van der Waals surface area contributed by atoms with Crippen LogP contribution in [0.1, 0.15) is 26.3 Å². The summed E-state index contributed by atoms with van der Waals surface area (Å²) in [7, 11) is 3.83. The molecule has 0 aliphatic heterocycles. The third kappa shape index (κ3) is 7.84. The Kier molecular flexibility index (Phi) is 11.4. The van der Waals surface area contributed by atoms with Crippen LogP contribution in [0.5, 0.6) is 0 Å². The van der Waals surface area contributed by atoms with Gasteiger partial charge in [-0.25, -0.2) is 0 Å². The fourth-order valence-corrected chi connectivity index (χ4v) is 2.82. The van der Waals surface area contributed by atoms with Crippen molar-refractivity contribution < 1.29 is 9.59 Å². The van der Waals surface area contributed by atoms with Crippen LogP contribution in [0.2, 0.25) is 5.02 Å². The molecule has 0 radical (unpaired) electrons. The number of guanidine groups is 1. The van der Waals surface area contributed by atoms with Gasteiger partial charge in [0.25, 0.3) is 11.8 Å². The van der Waals surface area contributed by atoms with Crippen LogP contribution >= 0.6 is 36.4 Å². The number of likely N-dealkylation sites (N-methyl/N-ethyl adjacent to an activating group) is 1. The minimum atomic E-state index is -0.569. The fourth-order valence-electron chi connectivity index (χ4n) is 2.60. The Morgan fingerprint density at radius 2 is 1.67 bits per heavy atom. The highest BCUT2D eigenvalue weighted by Gasteiger charge is 2.16. The molecule has 0 aliphatic carbocycles. The third-order valence-electron chi connectivity index (χ3n) is 3.98. The molecule has 0 saturated heterocycles. The van der Waals surface area contributed by atoms with Crippen molar-refractivity contribution in [3.05, 3.63) is 58.1 Å². The van der Waals surface area contributed by atoms with Crippen molar-refractivity contribution in [2.45, 2.75) is 6.92 Å². The molecule has 0 unspecified atom stereocenters. The van der Waals surface area contributed by atoms with Crippen molar-refractivity contribution in [1.82, 2.24) is 15.5 Å². The summed E-state index contributed by atoms with van der Waals surface area (Å²) >= 11 is 6.34. The molecule has 0 atom stereocenters. The molecule has 0 fully saturated rings. The lowest BCUT2D eigenvalue weighted by atomic mass is 9.97. The molecule has 10 heteroatoms. The van der Waals surface area contributed by atoms with Gasteiger partial charge in [0.15, 0.2) is 5.96 Å². The van der Waals surface area contributed by atoms with Crippen molar-refractivity contribution in [3.63, 3.8) is 0 Å². The van der Waals surface area contributed by atoms with Crippen molar-refractivity contribution >= 4 is 54.2 Å². The minimum Gasteiger partial charge on any atom is -0.370 e. The van der Waals surface area contributed by atoms with E-state index in [2.05, 4.69) is 10.6 Å². The molecule has 30 heavy (non-hydrogen) atoms. The average molecular weight is 475 g/mol. The molecular formula is C20H26Cl3N5O2. The third-order valence-corrected chi connectivity index (χ3v) is 4.31. The highest BCUT2D eigenvalue weighted by Crippen LogP contribution is 2.30. The van der Waals surface area contributed by atoms with E-state index < -0.39 is 11.9 Å². The summed E-state index contributed by atoms with van der Waals surface area (Å²) in [5.74, 6) is -1.34. The van der Waals surface area contributed by atoms with Gasteiger partial charge in [-0.3, -0.25) is 20.3 Å². The first-order chi connectivity index (χ1) is 13.2. The molecule has 5 N–H and O–H groups in total. The summed E-state index contributed by atoms with van der Waals surface area (Å²) in [5.41, 5.74) is 8.13. The molecule has 0 aliphatic rings. The van der Waals surface area contributed by atoms with E-state index in [0.29, 0.717) is 34.8 Å². The first-order valence-corrected chi connectivity index (χ1v) is 9.05. The molecule has 0 bridgehead atoms. The lowest BCUT2D eigenvalue weighted by Crippen LogP contribution is -2.36. The van der Waals surface area contributed by atoms with Gasteiger partial charge in [0.2, 0.25) is 0 Å². The second kappa shape index (κ2) is 12.4. The molecule has 2 aromatic rings. The summed E-state index contributed by atoms with van der Waals surface area (Å²) in [5, 5.41) is 12.8. The number of halogens is 3. The average Bonchev–Trinajstić information content (AvgIpc) is 2.62. The van der Waals surface area contributed by atoms with E-state index in [-0.39, 0.29) is 36.3 Å². The quantitative estimate of drug-likeness (QED) is 0.381. The first-order valence-electron chi connectivity index (χ1n) is 8.67. The number of amides is 2. The van der Waals surface area contributed by atoms with E-state index in [1.807, 2.05) is 38.1 Å². The van der Waals surface area contributed by atoms with Crippen LogP contribution in [0.15, 0.2) is 36.4 Å². The Morgan fingerprint density at radius 1 is 1.07 bits per heavy atom. The van der Waals surface area contributed by atoms with Crippen molar-refractivity contribution in [2.24, 2.45) is 5.73 Å². The highest BCUT2D eigenvalue weighted by atomic mass is 35.5. The lowest BCUT2D eigenvalue weighted by Gasteiger charge is -2.13. The van der Waals surface area contributed by atoms with Crippen molar-refractivity contribution in [1.29, 1.82) is 5.41 Å². The predicted molar refractivity (Wildman–Crippen MR) is 126 cm³/mol. The maximum Gasteiger partial charge on any atom is 0.257 e. The molecule has 0 spiro atoms. The smallest absolute Gasteiger partial charge is 0.257 e. The number of nitrogens with one attached hydrogen (secondary N) is 3. The number of rotatable bonds is 6. The summed E-state index contributed by atoms with van der Waals surface area (Å²) in [4.78, 5) is 26.9. The molecule has 7 nitrogen and oxygen atoms in total. The normalized spacial score (nSPS) is 9.90. The molecule has 2 rings (SSSR count). The Morgan fingerprint density at radius 3 is 2.23 bits per heavy atom. The van der Waals surface area contributed by atoms with Gasteiger partial charge >= 0.3 is 0 Å². The lowest BCUT2D eigenvalue weighted by molar-refractivity contribution is 0.0951. The maximum absolute atomic E-state index is 12.6. The zero-order chi connectivity index (χ0) is 20.8. The molecule has 164 valence electrons. The van der Waals surface area contributed by atoms with Gasteiger partial charge in [-0.1, -0.05) is 23.2 Å². The van der Waals surface area contributed by atoms with Crippen LogP contribution in [0.3, 0.4) is 0 Å².